The molecule has 0 fully saturated rings. The Balaban J connectivity index is 5.47. The maximum atomic E-state index is 12.8. The van der Waals surface area contributed by atoms with Crippen LogP contribution in [0.15, 0.2) is 0 Å². The molecule has 13 heteroatoms. The van der Waals surface area contributed by atoms with Gasteiger partial charge >= 0.3 is 5.97 Å². The summed E-state index contributed by atoms with van der Waals surface area (Å²) >= 11 is 0. The van der Waals surface area contributed by atoms with Crippen LogP contribution in [-0.2, 0) is 28.8 Å². The molecule has 0 aliphatic carbocycles. The molecule has 0 saturated heterocycles. The maximum Gasteiger partial charge on any atom is 0.326 e. The third-order valence-electron chi connectivity index (χ3n) is 4.60. The molecule has 0 aliphatic rings. The SMILES string of the molecule is CC(C)C(N)C(=O)NC(C(=O)NC(CC(N)=O)C(=O)NC(CCC(N)=O)C(=O)O)C(C)C. The second-order valence-electron chi connectivity index (χ2n) is 8.14. The zero-order valence-electron chi connectivity index (χ0n) is 18.7. The molecule has 32 heavy (non-hydrogen) atoms. The summed E-state index contributed by atoms with van der Waals surface area (Å²) in [6.45, 7) is 6.77. The number of carbonyl (C=O) groups excluding carboxylic acids is 5. The molecule has 10 N–H and O–H groups in total. The fourth-order valence-electron chi connectivity index (χ4n) is 2.58. The van der Waals surface area contributed by atoms with Gasteiger partial charge in [-0.3, -0.25) is 24.0 Å². The number of carboxylic acid groups (broad SMARTS) is 1. The van der Waals surface area contributed by atoms with Crippen LogP contribution in [0.1, 0.15) is 47.0 Å². The predicted molar refractivity (Wildman–Crippen MR) is 113 cm³/mol. The average molecular weight is 459 g/mol. The fourth-order valence-corrected chi connectivity index (χ4v) is 2.58. The van der Waals surface area contributed by atoms with E-state index in [0.29, 0.717) is 0 Å². The Morgan fingerprint density at radius 2 is 1.28 bits per heavy atom. The molecular weight excluding hydrogens is 424 g/mol. The summed E-state index contributed by atoms with van der Waals surface area (Å²) in [5, 5.41) is 16.2. The molecule has 182 valence electrons. The normalized spacial score (nSPS) is 14.7. The van der Waals surface area contributed by atoms with Crippen LogP contribution in [0.2, 0.25) is 0 Å². The highest BCUT2D eigenvalue weighted by Crippen LogP contribution is 2.07. The molecule has 0 saturated carbocycles. The zero-order valence-corrected chi connectivity index (χ0v) is 18.7. The van der Waals surface area contributed by atoms with Crippen molar-refractivity contribution in [2.45, 2.75) is 71.1 Å². The van der Waals surface area contributed by atoms with E-state index in [1.165, 1.54) is 0 Å². The van der Waals surface area contributed by atoms with Crippen molar-refractivity contribution >= 4 is 35.5 Å². The van der Waals surface area contributed by atoms with E-state index in [4.69, 9.17) is 17.2 Å². The number of carboxylic acids is 1. The topological polar surface area (TPSA) is 237 Å². The maximum absolute atomic E-state index is 12.8. The fraction of sp³-hybridized carbons (Fsp3) is 0.684. The van der Waals surface area contributed by atoms with Gasteiger partial charge in [-0.1, -0.05) is 27.7 Å². The minimum absolute atomic E-state index is 0.187. The van der Waals surface area contributed by atoms with E-state index in [-0.39, 0.29) is 18.8 Å². The van der Waals surface area contributed by atoms with Crippen LogP contribution in [-0.4, -0.2) is 64.8 Å². The van der Waals surface area contributed by atoms with Crippen molar-refractivity contribution in [3.05, 3.63) is 0 Å². The second-order valence-corrected chi connectivity index (χ2v) is 8.14. The van der Waals surface area contributed by atoms with Crippen LogP contribution in [0.3, 0.4) is 0 Å². The number of nitrogens with two attached hydrogens (primary N) is 3. The molecule has 0 rings (SSSR count). The van der Waals surface area contributed by atoms with Gasteiger partial charge in [-0.05, 0) is 18.3 Å². The first kappa shape index (κ1) is 28.8. The van der Waals surface area contributed by atoms with Crippen LogP contribution in [0, 0.1) is 11.8 Å². The van der Waals surface area contributed by atoms with Crippen molar-refractivity contribution in [1.82, 2.24) is 16.0 Å². The highest BCUT2D eigenvalue weighted by atomic mass is 16.4. The Kier molecular flexibility index (Phi) is 11.9. The second kappa shape index (κ2) is 13.2. The first-order valence-electron chi connectivity index (χ1n) is 10.1. The Bertz CT molecular complexity index is 725. The number of aliphatic carboxylic acids is 1. The summed E-state index contributed by atoms with van der Waals surface area (Å²) in [5.74, 6) is -6.06. The Labute approximate surface area is 186 Å². The van der Waals surface area contributed by atoms with Gasteiger partial charge in [0.2, 0.25) is 29.5 Å². The van der Waals surface area contributed by atoms with Gasteiger partial charge in [0.25, 0.3) is 0 Å². The van der Waals surface area contributed by atoms with E-state index in [1.54, 1.807) is 27.7 Å². The standard InChI is InChI=1S/C19H34N6O7/c1-8(2)14(22)17(29)25-15(9(3)4)18(30)24-11(7-13(21)27)16(28)23-10(19(31)32)5-6-12(20)26/h8-11,14-15H,5-7,22H2,1-4H3,(H2,20,26)(H2,21,27)(H,23,28)(H,24,30)(H,25,29)(H,31,32). The lowest BCUT2D eigenvalue weighted by Crippen LogP contribution is -2.59. The molecule has 13 nitrogen and oxygen atoms in total. The van der Waals surface area contributed by atoms with Gasteiger partial charge in [0, 0.05) is 6.42 Å². The largest absolute Gasteiger partial charge is 0.480 e. The number of carbonyl (C=O) groups is 6. The highest BCUT2D eigenvalue weighted by molar-refractivity contribution is 5.96. The summed E-state index contributed by atoms with van der Waals surface area (Å²) in [5.41, 5.74) is 15.9. The summed E-state index contributed by atoms with van der Waals surface area (Å²) in [4.78, 5) is 71.3. The van der Waals surface area contributed by atoms with Gasteiger partial charge in [-0.25, -0.2) is 4.79 Å². The monoisotopic (exact) mass is 458 g/mol. The van der Waals surface area contributed by atoms with E-state index >= 15 is 0 Å². The number of primary amides is 2. The third kappa shape index (κ3) is 10.2. The molecule has 0 radical (unpaired) electrons. The summed E-state index contributed by atoms with van der Waals surface area (Å²) in [7, 11) is 0. The number of amides is 5. The smallest absolute Gasteiger partial charge is 0.326 e. The Hall–Kier alpha value is -3.22. The summed E-state index contributed by atoms with van der Waals surface area (Å²) in [6.07, 6.45) is -1.21. The van der Waals surface area contributed by atoms with Crippen molar-refractivity contribution in [2.75, 3.05) is 0 Å². The van der Waals surface area contributed by atoms with Crippen molar-refractivity contribution in [2.24, 2.45) is 29.0 Å². The van der Waals surface area contributed by atoms with E-state index in [1.807, 2.05) is 0 Å². The van der Waals surface area contributed by atoms with E-state index < -0.39 is 72.0 Å². The summed E-state index contributed by atoms with van der Waals surface area (Å²) in [6, 6.07) is -4.93. The highest BCUT2D eigenvalue weighted by Gasteiger charge is 2.32. The van der Waals surface area contributed by atoms with Crippen LogP contribution >= 0.6 is 0 Å². The van der Waals surface area contributed by atoms with Crippen LogP contribution in [0.25, 0.3) is 0 Å². The zero-order chi connectivity index (χ0) is 25.2. The molecular formula is C19H34N6O7. The number of nitrogens with one attached hydrogen (secondary N) is 3. The number of rotatable bonds is 14. The van der Waals surface area contributed by atoms with Crippen LogP contribution in [0.4, 0.5) is 0 Å². The molecule has 4 unspecified atom stereocenters. The molecule has 0 aromatic heterocycles. The van der Waals surface area contributed by atoms with Gasteiger partial charge < -0.3 is 38.3 Å². The van der Waals surface area contributed by atoms with Gasteiger partial charge in [0.05, 0.1) is 12.5 Å². The third-order valence-corrected chi connectivity index (χ3v) is 4.60. The Morgan fingerprint density at radius 3 is 1.69 bits per heavy atom. The van der Waals surface area contributed by atoms with Crippen LogP contribution < -0.4 is 33.2 Å². The molecule has 0 spiro atoms. The predicted octanol–water partition coefficient (Wildman–Crippen LogP) is -2.69. The minimum atomic E-state index is -1.51. The average Bonchev–Trinajstić information content (AvgIpc) is 2.66. The summed E-state index contributed by atoms with van der Waals surface area (Å²) < 4.78 is 0. The minimum Gasteiger partial charge on any atom is -0.480 e. The van der Waals surface area contributed by atoms with Crippen molar-refractivity contribution in [1.29, 1.82) is 0 Å². The lowest BCUT2D eigenvalue weighted by atomic mass is 9.99. The van der Waals surface area contributed by atoms with Gasteiger partial charge in [-0.2, -0.15) is 0 Å². The first-order chi connectivity index (χ1) is 14.7. The van der Waals surface area contributed by atoms with E-state index in [0.717, 1.165) is 0 Å². The van der Waals surface area contributed by atoms with Crippen LogP contribution in [0.5, 0.6) is 0 Å². The molecule has 0 bridgehead atoms. The molecule has 0 heterocycles. The van der Waals surface area contributed by atoms with Gasteiger partial charge in [0.1, 0.15) is 18.1 Å². The van der Waals surface area contributed by atoms with E-state index in [2.05, 4.69) is 16.0 Å². The quantitative estimate of drug-likeness (QED) is 0.144. The van der Waals surface area contributed by atoms with Gasteiger partial charge in [0.15, 0.2) is 0 Å². The lowest BCUT2D eigenvalue weighted by molar-refractivity contribution is -0.142. The van der Waals surface area contributed by atoms with Crippen molar-refractivity contribution in [3.8, 4) is 0 Å². The Morgan fingerprint density at radius 1 is 0.750 bits per heavy atom. The molecule has 5 amide bonds. The van der Waals surface area contributed by atoms with Gasteiger partial charge in [-0.15, -0.1) is 0 Å². The number of hydrogen-bond donors (Lipinski definition) is 7. The van der Waals surface area contributed by atoms with E-state index in [9.17, 15) is 33.9 Å². The van der Waals surface area contributed by atoms with Crippen molar-refractivity contribution < 1.29 is 33.9 Å². The molecule has 0 aliphatic heterocycles. The first-order valence-corrected chi connectivity index (χ1v) is 10.1. The molecule has 4 atom stereocenters. The molecule has 0 aromatic rings. The lowest BCUT2D eigenvalue weighted by Gasteiger charge is -2.27. The van der Waals surface area contributed by atoms with Crippen molar-refractivity contribution in [3.63, 3.8) is 0 Å². The molecule has 0 aromatic carbocycles. The number of hydrogen-bond acceptors (Lipinski definition) is 7.